The minimum atomic E-state index is 0. The highest BCUT2D eigenvalue weighted by Crippen LogP contribution is 2.07. The SMILES string of the molecule is CCNC(=NCCN(C)C(C)C)NCCc1cccc(C(=O)N(C)C)c1.I. The van der Waals surface area contributed by atoms with Crippen LogP contribution in [0.25, 0.3) is 0 Å². The van der Waals surface area contributed by atoms with Gasteiger partial charge in [-0.3, -0.25) is 9.79 Å². The average molecular weight is 489 g/mol. The Morgan fingerprint density at radius 3 is 2.48 bits per heavy atom. The van der Waals surface area contributed by atoms with Crippen molar-refractivity contribution in [3.8, 4) is 0 Å². The van der Waals surface area contributed by atoms with Crippen molar-refractivity contribution < 1.29 is 4.79 Å². The molecule has 0 fully saturated rings. The number of hydrogen-bond acceptors (Lipinski definition) is 3. The molecule has 1 amide bonds. The van der Waals surface area contributed by atoms with E-state index < -0.39 is 0 Å². The predicted octanol–water partition coefficient (Wildman–Crippen LogP) is 2.44. The molecule has 0 unspecified atom stereocenters. The van der Waals surface area contributed by atoms with Gasteiger partial charge in [-0.15, -0.1) is 24.0 Å². The van der Waals surface area contributed by atoms with Crippen LogP contribution in [0, 0.1) is 0 Å². The molecule has 6 nitrogen and oxygen atoms in total. The Morgan fingerprint density at radius 1 is 1.19 bits per heavy atom. The molecule has 2 N–H and O–H groups in total. The Labute approximate surface area is 181 Å². The summed E-state index contributed by atoms with van der Waals surface area (Å²) in [7, 11) is 5.65. The standard InChI is InChI=1S/C20H35N5O.HI/c1-7-21-20(23-13-14-25(6)16(2)3)22-12-11-17-9-8-10-18(15-17)19(26)24(4)5;/h8-10,15-16H,7,11-14H2,1-6H3,(H2,21,22,23);1H. The van der Waals surface area contributed by atoms with E-state index in [1.807, 2.05) is 18.2 Å². The summed E-state index contributed by atoms with van der Waals surface area (Å²) in [6, 6.07) is 8.34. The smallest absolute Gasteiger partial charge is 0.253 e. The molecule has 0 aliphatic carbocycles. The van der Waals surface area contributed by atoms with Crippen molar-refractivity contribution in [3.63, 3.8) is 0 Å². The molecule has 0 aromatic heterocycles. The van der Waals surface area contributed by atoms with Crippen LogP contribution in [-0.2, 0) is 6.42 Å². The number of guanidine groups is 1. The molecule has 0 aliphatic heterocycles. The molecule has 1 rings (SSSR count). The van der Waals surface area contributed by atoms with E-state index in [0.29, 0.717) is 6.04 Å². The van der Waals surface area contributed by atoms with Crippen LogP contribution < -0.4 is 10.6 Å². The van der Waals surface area contributed by atoms with Crippen LogP contribution in [0.3, 0.4) is 0 Å². The van der Waals surface area contributed by atoms with E-state index in [4.69, 9.17) is 0 Å². The van der Waals surface area contributed by atoms with E-state index in [1.165, 1.54) is 0 Å². The van der Waals surface area contributed by atoms with Gasteiger partial charge in [0.15, 0.2) is 5.96 Å². The molecule has 0 saturated heterocycles. The second-order valence-electron chi connectivity index (χ2n) is 6.91. The maximum atomic E-state index is 12.1. The van der Waals surface area contributed by atoms with Gasteiger partial charge in [-0.1, -0.05) is 12.1 Å². The molecular formula is C20H36IN5O. The summed E-state index contributed by atoms with van der Waals surface area (Å²) in [5.41, 5.74) is 1.87. The van der Waals surface area contributed by atoms with Gasteiger partial charge < -0.3 is 20.4 Å². The lowest BCUT2D eigenvalue weighted by Gasteiger charge is -2.20. The topological polar surface area (TPSA) is 60.0 Å². The highest BCUT2D eigenvalue weighted by molar-refractivity contribution is 14.0. The zero-order valence-electron chi connectivity index (χ0n) is 17.6. The van der Waals surface area contributed by atoms with E-state index in [1.54, 1.807) is 19.0 Å². The number of nitrogens with zero attached hydrogens (tertiary/aromatic N) is 3. The van der Waals surface area contributed by atoms with Crippen molar-refractivity contribution in [1.82, 2.24) is 20.4 Å². The van der Waals surface area contributed by atoms with E-state index in [-0.39, 0.29) is 29.9 Å². The molecule has 0 heterocycles. The number of nitrogens with one attached hydrogen (secondary N) is 2. The maximum absolute atomic E-state index is 12.1. The Morgan fingerprint density at radius 2 is 1.89 bits per heavy atom. The van der Waals surface area contributed by atoms with Crippen LogP contribution >= 0.6 is 24.0 Å². The van der Waals surface area contributed by atoms with Crippen molar-refractivity contribution in [2.24, 2.45) is 4.99 Å². The Balaban J connectivity index is 0.00000676. The number of halogens is 1. The number of aliphatic imine (C=N–C) groups is 1. The Hall–Kier alpha value is -1.35. The van der Waals surface area contributed by atoms with Crippen molar-refractivity contribution in [2.45, 2.75) is 33.2 Å². The second kappa shape index (κ2) is 13.8. The molecule has 0 atom stereocenters. The minimum absolute atomic E-state index is 0. The third-order valence-corrected chi connectivity index (χ3v) is 4.23. The number of hydrogen-bond donors (Lipinski definition) is 2. The quantitative estimate of drug-likeness (QED) is 0.318. The van der Waals surface area contributed by atoms with Gasteiger partial charge in [0.2, 0.25) is 0 Å². The summed E-state index contributed by atoms with van der Waals surface area (Å²) in [4.78, 5) is 20.6. The molecule has 0 spiro atoms. The largest absolute Gasteiger partial charge is 0.357 e. The highest BCUT2D eigenvalue weighted by atomic mass is 127. The lowest BCUT2D eigenvalue weighted by Crippen LogP contribution is -2.39. The highest BCUT2D eigenvalue weighted by Gasteiger charge is 2.08. The first-order valence-electron chi connectivity index (χ1n) is 9.38. The van der Waals surface area contributed by atoms with Gasteiger partial charge in [0.1, 0.15) is 0 Å². The van der Waals surface area contributed by atoms with Crippen molar-refractivity contribution in [3.05, 3.63) is 35.4 Å². The fourth-order valence-corrected chi connectivity index (χ4v) is 2.36. The third kappa shape index (κ3) is 9.95. The molecule has 0 radical (unpaired) electrons. The van der Waals surface area contributed by atoms with Gasteiger partial charge in [-0.05, 0) is 51.9 Å². The number of carbonyl (C=O) groups is 1. The van der Waals surface area contributed by atoms with Crippen LogP contribution in [-0.4, -0.2) is 75.0 Å². The molecule has 7 heteroatoms. The first-order chi connectivity index (χ1) is 12.3. The van der Waals surface area contributed by atoms with E-state index >= 15 is 0 Å². The summed E-state index contributed by atoms with van der Waals surface area (Å²) in [5, 5.41) is 6.64. The molecule has 154 valence electrons. The molecular weight excluding hydrogens is 453 g/mol. The number of likely N-dealkylation sites (N-methyl/N-ethyl adjacent to an activating group) is 1. The van der Waals surface area contributed by atoms with Crippen LogP contribution in [0.4, 0.5) is 0 Å². The van der Waals surface area contributed by atoms with Crippen LogP contribution in [0.1, 0.15) is 36.7 Å². The normalized spacial score (nSPS) is 11.3. The van der Waals surface area contributed by atoms with Gasteiger partial charge in [0, 0.05) is 45.3 Å². The summed E-state index contributed by atoms with van der Waals surface area (Å²) in [5.74, 6) is 0.870. The zero-order chi connectivity index (χ0) is 19.5. The van der Waals surface area contributed by atoms with Gasteiger partial charge in [0.05, 0.1) is 6.54 Å². The van der Waals surface area contributed by atoms with E-state index in [9.17, 15) is 4.79 Å². The monoisotopic (exact) mass is 489 g/mol. The number of amides is 1. The first-order valence-corrected chi connectivity index (χ1v) is 9.38. The predicted molar refractivity (Wildman–Crippen MR) is 125 cm³/mol. The fraction of sp³-hybridized carbons (Fsp3) is 0.600. The average Bonchev–Trinajstić information content (AvgIpc) is 2.61. The van der Waals surface area contributed by atoms with Crippen LogP contribution in [0.15, 0.2) is 29.3 Å². The lowest BCUT2D eigenvalue weighted by molar-refractivity contribution is 0.0827. The van der Waals surface area contributed by atoms with Gasteiger partial charge >= 0.3 is 0 Å². The van der Waals surface area contributed by atoms with Crippen LogP contribution in [0.5, 0.6) is 0 Å². The Bertz CT molecular complexity index is 589. The second-order valence-corrected chi connectivity index (χ2v) is 6.91. The van der Waals surface area contributed by atoms with Gasteiger partial charge in [-0.25, -0.2) is 0 Å². The number of carbonyl (C=O) groups excluding carboxylic acids is 1. The summed E-state index contributed by atoms with van der Waals surface area (Å²) in [6.45, 7) is 9.72. The summed E-state index contributed by atoms with van der Waals surface area (Å²) in [6.07, 6.45) is 0.838. The van der Waals surface area contributed by atoms with Crippen molar-refractivity contribution in [2.75, 3.05) is 47.3 Å². The van der Waals surface area contributed by atoms with Gasteiger partial charge in [0.25, 0.3) is 5.91 Å². The van der Waals surface area contributed by atoms with E-state index in [2.05, 4.69) is 54.4 Å². The van der Waals surface area contributed by atoms with Crippen LogP contribution in [0.2, 0.25) is 0 Å². The molecule has 0 bridgehead atoms. The van der Waals surface area contributed by atoms with E-state index in [0.717, 1.165) is 49.7 Å². The number of benzene rings is 1. The fourth-order valence-electron chi connectivity index (χ4n) is 2.36. The number of rotatable bonds is 9. The maximum Gasteiger partial charge on any atom is 0.253 e. The summed E-state index contributed by atoms with van der Waals surface area (Å²) >= 11 is 0. The molecule has 1 aromatic carbocycles. The first kappa shape index (κ1) is 25.6. The lowest BCUT2D eigenvalue weighted by atomic mass is 10.1. The molecule has 1 aromatic rings. The van der Waals surface area contributed by atoms with Crippen molar-refractivity contribution in [1.29, 1.82) is 0 Å². The molecule has 0 aliphatic rings. The molecule has 0 saturated carbocycles. The minimum Gasteiger partial charge on any atom is -0.357 e. The Kier molecular flexibility index (Phi) is 13.1. The summed E-state index contributed by atoms with van der Waals surface area (Å²) < 4.78 is 0. The van der Waals surface area contributed by atoms with Crippen molar-refractivity contribution >= 4 is 35.8 Å². The molecule has 27 heavy (non-hydrogen) atoms. The van der Waals surface area contributed by atoms with Gasteiger partial charge in [-0.2, -0.15) is 0 Å². The third-order valence-electron chi connectivity index (χ3n) is 4.23. The zero-order valence-corrected chi connectivity index (χ0v) is 19.9.